The zero-order chi connectivity index (χ0) is 22.1. The number of carbonyl (C=O) groups is 1. The number of amides is 1. The number of carbonyl (C=O) groups excluding carboxylic acids is 1. The molecule has 4 heterocycles. The molecule has 4 aromatic rings. The van der Waals surface area contributed by atoms with Gasteiger partial charge in [0.1, 0.15) is 5.82 Å². The lowest BCUT2D eigenvalue weighted by atomic mass is 10.2. The van der Waals surface area contributed by atoms with E-state index >= 15 is 0 Å². The van der Waals surface area contributed by atoms with Crippen LogP contribution in [0.1, 0.15) is 18.5 Å². The second-order valence-electron chi connectivity index (χ2n) is 8.08. The Morgan fingerprint density at radius 1 is 1.06 bits per heavy atom. The Morgan fingerprint density at radius 2 is 1.84 bits per heavy atom. The van der Waals surface area contributed by atoms with E-state index in [1.54, 1.807) is 17.5 Å². The molecule has 0 spiro atoms. The fourth-order valence-electron chi connectivity index (χ4n) is 4.33. The van der Waals surface area contributed by atoms with Crippen LogP contribution in [0.4, 0.5) is 5.82 Å². The number of thiophene rings is 1. The van der Waals surface area contributed by atoms with Crippen LogP contribution in [-0.2, 0) is 11.3 Å². The van der Waals surface area contributed by atoms with E-state index in [2.05, 4.69) is 15.0 Å². The first-order chi connectivity index (χ1) is 15.6. The van der Waals surface area contributed by atoms with Gasteiger partial charge in [-0.2, -0.15) is 5.10 Å². The van der Waals surface area contributed by atoms with Crippen molar-refractivity contribution >= 4 is 43.2 Å². The molecule has 1 fully saturated rings. The Bertz CT molecular complexity index is 1320. The Hall–Kier alpha value is -3.26. The van der Waals surface area contributed by atoms with Crippen LogP contribution >= 0.6 is 11.3 Å². The van der Waals surface area contributed by atoms with E-state index in [1.165, 1.54) is 4.68 Å². The first-order valence-electron chi connectivity index (χ1n) is 10.9. The minimum atomic E-state index is -0.0699. The highest BCUT2D eigenvalue weighted by atomic mass is 32.1. The fourth-order valence-corrected chi connectivity index (χ4v) is 5.46. The Balaban J connectivity index is 1.22. The molecule has 0 bridgehead atoms. The molecule has 8 heteroatoms. The first kappa shape index (κ1) is 20.6. The second kappa shape index (κ2) is 8.70. The molecule has 0 N–H and O–H groups in total. The minimum absolute atomic E-state index is 0.0699. The van der Waals surface area contributed by atoms with E-state index in [1.807, 2.05) is 54.3 Å². The predicted molar refractivity (Wildman–Crippen MR) is 128 cm³/mol. The van der Waals surface area contributed by atoms with E-state index < -0.39 is 0 Å². The van der Waals surface area contributed by atoms with Gasteiger partial charge in [-0.1, -0.05) is 24.3 Å². The largest absolute Gasteiger partial charge is 0.353 e. The lowest BCUT2D eigenvalue weighted by Crippen LogP contribution is -2.49. The van der Waals surface area contributed by atoms with Gasteiger partial charge in [-0.3, -0.25) is 9.59 Å². The number of hydrogen-bond donors (Lipinski definition) is 0. The number of hydrogen-bond acceptors (Lipinski definition) is 6. The molecule has 1 aliphatic heterocycles. The summed E-state index contributed by atoms with van der Waals surface area (Å²) < 4.78 is 3.58. The van der Waals surface area contributed by atoms with Crippen molar-refractivity contribution in [3.8, 4) is 0 Å². The number of anilines is 1. The van der Waals surface area contributed by atoms with Crippen LogP contribution in [0.15, 0.2) is 53.5 Å². The predicted octanol–water partition coefficient (Wildman–Crippen LogP) is 3.44. The van der Waals surface area contributed by atoms with Crippen molar-refractivity contribution in [1.29, 1.82) is 0 Å². The van der Waals surface area contributed by atoms with Crippen molar-refractivity contribution in [3.63, 3.8) is 0 Å². The summed E-state index contributed by atoms with van der Waals surface area (Å²) in [6.45, 7) is 5.34. The molecule has 1 aromatic carbocycles. The molecular weight excluding hydrogens is 422 g/mol. The molecule has 3 aromatic heterocycles. The second-order valence-corrected chi connectivity index (χ2v) is 9.13. The normalized spacial score (nSPS) is 14.4. The lowest BCUT2D eigenvalue weighted by molar-refractivity contribution is -0.131. The summed E-state index contributed by atoms with van der Waals surface area (Å²) in [6.07, 6.45) is 2.80. The number of nitrogens with zero attached hydrogens (tertiary/aromatic N) is 5. The Kier molecular flexibility index (Phi) is 5.61. The van der Waals surface area contributed by atoms with Crippen molar-refractivity contribution in [2.45, 2.75) is 26.3 Å². The van der Waals surface area contributed by atoms with Crippen LogP contribution in [0.5, 0.6) is 0 Å². The third kappa shape index (κ3) is 3.86. The topological polar surface area (TPSA) is 71.3 Å². The molecule has 164 valence electrons. The number of aryl methyl sites for hydroxylation is 2. The summed E-state index contributed by atoms with van der Waals surface area (Å²) in [6, 6.07) is 13.9. The maximum absolute atomic E-state index is 13.1. The van der Waals surface area contributed by atoms with Crippen LogP contribution < -0.4 is 10.5 Å². The maximum atomic E-state index is 13.1. The molecule has 32 heavy (non-hydrogen) atoms. The lowest BCUT2D eigenvalue weighted by Gasteiger charge is -2.35. The zero-order valence-electron chi connectivity index (χ0n) is 18.0. The molecule has 1 amide bonds. The number of fused-ring (bicyclic) bond motifs is 3. The van der Waals surface area contributed by atoms with E-state index in [0.717, 1.165) is 44.8 Å². The molecule has 1 aliphatic rings. The minimum Gasteiger partial charge on any atom is -0.353 e. The number of aromatic nitrogens is 3. The molecule has 1 saturated heterocycles. The van der Waals surface area contributed by atoms with Gasteiger partial charge in [0.05, 0.1) is 15.8 Å². The number of benzene rings is 1. The smallest absolute Gasteiger partial charge is 0.276 e. The fraction of sp³-hybridized carbons (Fsp3) is 0.333. The van der Waals surface area contributed by atoms with Crippen molar-refractivity contribution < 1.29 is 4.79 Å². The quantitative estimate of drug-likeness (QED) is 0.469. The van der Waals surface area contributed by atoms with Gasteiger partial charge in [0.25, 0.3) is 5.56 Å². The van der Waals surface area contributed by atoms with Crippen LogP contribution in [0.3, 0.4) is 0 Å². The van der Waals surface area contributed by atoms with Crippen molar-refractivity contribution in [1.82, 2.24) is 19.7 Å². The van der Waals surface area contributed by atoms with Gasteiger partial charge < -0.3 is 9.80 Å². The number of rotatable bonds is 5. The number of piperazine rings is 1. The summed E-state index contributed by atoms with van der Waals surface area (Å²) in [5.41, 5.74) is 0.789. The summed E-state index contributed by atoms with van der Waals surface area (Å²) in [5, 5.41) is 6.26. The average molecular weight is 448 g/mol. The summed E-state index contributed by atoms with van der Waals surface area (Å²) in [7, 11) is 0. The van der Waals surface area contributed by atoms with Gasteiger partial charge in [0, 0.05) is 55.4 Å². The highest BCUT2D eigenvalue weighted by molar-refractivity contribution is 7.26. The van der Waals surface area contributed by atoms with Crippen molar-refractivity contribution in [3.05, 3.63) is 64.7 Å². The summed E-state index contributed by atoms with van der Waals surface area (Å²) in [4.78, 5) is 34.3. The monoisotopic (exact) mass is 447 g/mol. The van der Waals surface area contributed by atoms with Gasteiger partial charge in [-0.15, -0.1) is 11.3 Å². The third-order valence-electron chi connectivity index (χ3n) is 6.01. The third-order valence-corrected chi connectivity index (χ3v) is 7.29. The molecule has 0 aliphatic carbocycles. The van der Waals surface area contributed by atoms with E-state index in [9.17, 15) is 9.59 Å². The van der Waals surface area contributed by atoms with E-state index in [0.29, 0.717) is 32.5 Å². The SMILES string of the molecule is Cc1nn(CCCC(=O)N2CCN(c3ccccn3)CC2)c(=O)c2c1sc1ccccc12. The molecule has 5 rings (SSSR count). The molecular formula is C24H25N5O2S. The van der Waals surface area contributed by atoms with Crippen molar-refractivity contribution in [2.75, 3.05) is 31.1 Å². The Morgan fingerprint density at radius 3 is 2.62 bits per heavy atom. The zero-order valence-corrected chi connectivity index (χ0v) is 18.8. The highest BCUT2D eigenvalue weighted by Crippen LogP contribution is 2.32. The summed E-state index contributed by atoms with van der Waals surface area (Å²) in [5.74, 6) is 1.09. The van der Waals surface area contributed by atoms with E-state index in [4.69, 9.17) is 0 Å². The van der Waals surface area contributed by atoms with Crippen LogP contribution in [0.2, 0.25) is 0 Å². The van der Waals surface area contributed by atoms with Gasteiger partial charge in [0.15, 0.2) is 0 Å². The molecule has 0 atom stereocenters. The van der Waals surface area contributed by atoms with Gasteiger partial charge in [-0.05, 0) is 31.5 Å². The molecule has 0 unspecified atom stereocenters. The number of pyridine rings is 1. The molecule has 0 radical (unpaired) electrons. The Labute approximate surface area is 189 Å². The maximum Gasteiger partial charge on any atom is 0.276 e. The van der Waals surface area contributed by atoms with Crippen LogP contribution in [0, 0.1) is 6.92 Å². The standard InChI is InChI=1S/C24H25N5O2S/c1-17-23-22(18-7-2-3-8-19(18)32-23)24(31)29(26-17)12-6-10-21(30)28-15-13-27(14-16-28)20-9-4-5-11-25-20/h2-5,7-9,11H,6,10,12-16H2,1H3. The van der Waals surface area contributed by atoms with E-state index in [-0.39, 0.29) is 11.5 Å². The highest BCUT2D eigenvalue weighted by Gasteiger charge is 2.21. The first-order valence-corrected chi connectivity index (χ1v) is 11.8. The molecule has 0 saturated carbocycles. The van der Waals surface area contributed by atoms with Gasteiger partial charge in [0.2, 0.25) is 5.91 Å². The van der Waals surface area contributed by atoms with Crippen LogP contribution in [0.25, 0.3) is 20.2 Å². The molecule has 7 nitrogen and oxygen atoms in total. The van der Waals surface area contributed by atoms with Crippen LogP contribution in [-0.4, -0.2) is 51.8 Å². The van der Waals surface area contributed by atoms with Crippen molar-refractivity contribution in [2.24, 2.45) is 0 Å². The average Bonchev–Trinajstić information content (AvgIpc) is 3.23. The summed E-state index contributed by atoms with van der Waals surface area (Å²) >= 11 is 1.61. The van der Waals surface area contributed by atoms with Gasteiger partial charge >= 0.3 is 0 Å². The van der Waals surface area contributed by atoms with Gasteiger partial charge in [-0.25, -0.2) is 9.67 Å².